The van der Waals surface area contributed by atoms with Gasteiger partial charge in [0, 0.05) is 32.1 Å². The van der Waals surface area contributed by atoms with E-state index < -0.39 is 0 Å². The third-order valence-corrected chi connectivity index (χ3v) is 5.46. The predicted octanol–water partition coefficient (Wildman–Crippen LogP) is 2.35. The van der Waals surface area contributed by atoms with E-state index in [2.05, 4.69) is 37.9 Å². The molecule has 0 bridgehead atoms. The molecule has 0 radical (unpaired) electrons. The summed E-state index contributed by atoms with van der Waals surface area (Å²) in [5.74, 6) is 2.03. The number of aliphatic hydroxyl groups is 1. The van der Waals surface area contributed by atoms with E-state index in [0.29, 0.717) is 11.3 Å². The van der Waals surface area contributed by atoms with E-state index in [1.807, 2.05) is 0 Å². The van der Waals surface area contributed by atoms with Gasteiger partial charge in [0.2, 0.25) is 0 Å². The Hall–Kier alpha value is -0.120. The van der Waals surface area contributed by atoms with Crippen molar-refractivity contribution in [2.45, 2.75) is 53.1 Å². The number of likely N-dealkylation sites (tertiary alicyclic amines) is 1. The standard InChI is InChI=1S/C17H34N2O/c1-5-17(4,11-18-8-13(2)3)12-19-9-14-6-7-16(20)15(14)10-19/h13-16,18,20H,5-12H2,1-4H3. The van der Waals surface area contributed by atoms with Gasteiger partial charge in [0.1, 0.15) is 0 Å². The Kier molecular flexibility index (Phi) is 5.49. The Morgan fingerprint density at radius 1 is 1.30 bits per heavy atom. The summed E-state index contributed by atoms with van der Waals surface area (Å²) in [6.45, 7) is 15.0. The lowest BCUT2D eigenvalue weighted by Gasteiger charge is -2.34. The van der Waals surface area contributed by atoms with Gasteiger partial charge in [-0.2, -0.15) is 0 Å². The first kappa shape index (κ1) is 16.3. The second-order valence-electron chi connectivity index (χ2n) is 7.95. The molecule has 4 atom stereocenters. The second kappa shape index (κ2) is 6.76. The van der Waals surface area contributed by atoms with Crippen LogP contribution in [0.2, 0.25) is 0 Å². The van der Waals surface area contributed by atoms with Crippen LogP contribution < -0.4 is 5.32 Å². The lowest BCUT2D eigenvalue weighted by atomic mass is 9.86. The zero-order chi connectivity index (χ0) is 14.8. The Balaban J connectivity index is 1.81. The third-order valence-electron chi connectivity index (χ3n) is 5.46. The number of hydrogen-bond donors (Lipinski definition) is 2. The summed E-state index contributed by atoms with van der Waals surface area (Å²) in [4.78, 5) is 2.61. The van der Waals surface area contributed by atoms with Crippen LogP contribution >= 0.6 is 0 Å². The molecule has 2 rings (SSSR count). The Morgan fingerprint density at radius 3 is 2.65 bits per heavy atom. The van der Waals surface area contributed by atoms with E-state index >= 15 is 0 Å². The molecular weight excluding hydrogens is 248 g/mol. The Bertz CT molecular complexity index is 307. The minimum Gasteiger partial charge on any atom is -0.393 e. The monoisotopic (exact) mass is 282 g/mol. The van der Waals surface area contributed by atoms with Crippen molar-refractivity contribution in [1.29, 1.82) is 0 Å². The van der Waals surface area contributed by atoms with E-state index in [4.69, 9.17) is 0 Å². The van der Waals surface area contributed by atoms with Gasteiger partial charge in [-0.3, -0.25) is 0 Å². The average molecular weight is 282 g/mol. The minimum absolute atomic E-state index is 0.0306. The number of nitrogens with zero attached hydrogens (tertiary/aromatic N) is 1. The van der Waals surface area contributed by atoms with E-state index in [1.165, 1.54) is 25.9 Å². The van der Waals surface area contributed by atoms with Crippen molar-refractivity contribution in [1.82, 2.24) is 10.2 Å². The third kappa shape index (κ3) is 3.96. The number of aliphatic hydroxyl groups excluding tert-OH is 1. The molecule has 0 aromatic rings. The molecule has 2 N–H and O–H groups in total. The van der Waals surface area contributed by atoms with Gasteiger partial charge in [-0.15, -0.1) is 0 Å². The number of hydrogen-bond acceptors (Lipinski definition) is 3. The smallest absolute Gasteiger partial charge is 0.0583 e. The molecule has 20 heavy (non-hydrogen) atoms. The lowest BCUT2D eigenvalue weighted by Crippen LogP contribution is -2.42. The van der Waals surface area contributed by atoms with Crippen LogP contribution in [0.3, 0.4) is 0 Å². The Labute approximate surface area is 125 Å². The van der Waals surface area contributed by atoms with E-state index in [1.54, 1.807) is 0 Å². The van der Waals surface area contributed by atoms with Crippen LogP contribution in [0.5, 0.6) is 0 Å². The highest BCUT2D eigenvalue weighted by Gasteiger charge is 2.42. The first-order valence-corrected chi connectivity index (χ1v) is 8.54. The first-order valence-electron chi connectivity index (χ1n) is 8.54. The molecule has 2 fully saturated rings. The van der Waals surface area contributed by atoms with Crippen LogP contribution in [0.25, 0.3) is 0 Å². The van der Waals surface area contributed by atoms with Crippen LogP contribution in [0.1, 0.15) is 47.0 Å². The quantitative estimate of drug-likeness (QED) is 0.752. The highest BCUT2D eigenvalue weighted by Crippen LogP contribution is 2.39. The van der Waals surface area contributed by atoms with Crippen LogP contribution in [0, 0.1) is 23.2 Å². The summed E-state index contributed by atoms with van der Waals surface area (Å²) in [6, 6.07) is 0. The van der Waals surface area contributed by atoms with Gasteiger partial charge in [0.25, 0.3) is 0 Å². The molecule has 1 saturated carbocycles. The van der Waals surface area contributed by atoms with Gasteiger partial charge in [0.05, 0.1) is 6.10 Å². The van der Waals surface area contributed by atoms with Crippen LogP contribution in [0.4, 0.5) is 0 Å². The van der Waals surface area contributed by atoms with Crippen molar-refractivity contribution in [2.75, 3.05) is 32.7 Å². The number of rotatable bonds is 7. The zero-order valence-corrected chi connectivity index (χ0v) is 13.9. The molecule has 0 spiro atoms. The fraction of sp³-hybridized carbons (Fsp3) is 1.00. The lowest BCUT2D eigenvalue weighted by molar-refractivity contribution is 0.114. The molecule has 1 heterocycles. The van der Waals surface area contributed by atoms with Crippen molar-refractivity contribution < 1.29 is 5.11 Å². The topological polar surface area (TPSA) is 35.5 Å². The largest absolute Gasteiger partial charge is 0.393 e. The summed E-state index contributed by atoms with van der Waals surface area (Å²) in [5, 5.41) is 13.7. The maximum absolute atomic E-state index is 10.0. The average Bonchev–Trinajstić information content (AvgIpc) is 2.91. The Morgan fingerprint density at radius 2 is 2.05 bits per heavy atom. The van der Waals surface area contributed by atoms with Gasteiger partial charge >= 0.3 is 0 Å². The van der Waals surface area contributed by atoms with Gasteiger partial charge in [-0.1, -0.05) is 27.7 Å². The molecule has 3 heteroatoms. The predicted molar refractivity (Wildman–Crippen MR) is 84.8 cm³/mol. The van der Waals surface area contributed by atoms with Gasteiger partial charge in [0.15, 0.2) is 0 Å². The maximum Gasteiger partial charge on any atom is 0.0583 e. The first-order chi connectivity index (χ1) is 9.43. The molecule has 3 nitrogen and oxygen atoms in total. The van der Waals surface area contributed by atoms with E-state index in [9.17, 15) is 5.11 Å². The molecule has 4 unspecified atom stereocenters. The summed E-state index contributed by atoms with van der Waals surface area (Å²) in [6.07, 6.45) is 3.45. The fourth-order valence-corrected chi connectivity index (χ4v) is 3.95. The fourth-order valence-electron chi connectivity index (χ4n) is 3.95. The van der Waals surface area contributed by atoms with Gasteiger partial charge in [-0.25, -0.2) is 0 Å². The van der Waals surface area contributed by atoms with Crippen molar-refractivity contribution >= 4 is 0 Å². The molecule has 1 aliphatic heterocycles. The number of fused-ring (bicyclic) bond motifs is 1. The highest BCUT2D eigenvalue weighted by molar-refractivity contribution is 4.95. The molecule has 0 amide bonds. The second-order valence-corrected chi connectivity index (χ2v) is 7.95. The summed E-state index contributed by atoms with van der Waals surface area (Å²) < 4.78 is 0. The van der Waals surface area contributed by atoms with Crippen LogP contribution in [-0.2, 0) is 0 Å². The van der Waals surface area contributed by atoms with Crippen LogP contribution in [0.15, 0.2) is 0 Å². The minimum atomic E-state index is -0.0306. The molecule has 118 valence electrons. The SMILES string of the molecule is CCC(C)(CNCC(C)C)CN1CC2CCC(O)C2C1. The molecule has 1 saturated heterocycles. The van der Waals surface area contributed by atoms with Gasteiger partial charge in [-0.05, 0) is 43.1 Å². The summed E-state index contributed by atoms with van der Waals surface area (Å²) in [5.41, 5.74) is 0.360. The maximum atomic E-state index is 10.0. The molecule has 2 aliphatic rings. The van der Waals surface area contributed by atoms with Crippen molar-refractivity contribution in [3.63, 3.8) is 0 Å². The molecule has 0 aromatic heterocycles. The van der Waals surface area contributed by atoms with E-state index in [0.717, 1.165) is 37.9 Å². The summed E-state index contributed by atoms with van der Waals surface area (Å²) >= 11 is 0. The molecule has 1 aliphatic carbocycles. The van der Waals surface area contributed by atoms with Crippen molar-refractivity contribution in [3.05, 3.63) is 0 Å². The van der Waals surface area contributed by atoms with Crippen LogP contribution in [-0.4, -0.2) is 48.8 Å². The zero-order valence-electron chi connectivity index (χ0n) is 13.9. The van der Waals surface area contributed by atoms with Gasteiger partial charge < -0.3 is 15.3 Å². The molecule has 0 aromatic carbocycles. The van der Waals surface area contributed by atoms with Crippen molar-refractivity contribution in [3.8, 4) is 0 Å². The number of nitrogens with one attached hydrogen (secondary N) is 1. The highest BCUT2D eigenvalue weighted by atomic mass is 16.3. The van der Waals surface area contributed by atoms with E-state index in [-0.39, 0.29) is 6.10 Å². The molecular formula is C17H34N2O. The van der Waals surface area contributed by atoms with Crippen molar-refractivity contribution in [2.24, 2.45) is 23.2 Å². The summed E-state index contributed by atoms with van der Waals surface area (Å²) in [7, 11) is 0. The normalized spacial score (nSPS) is 33.6.